The Morgan fingerprint density at radius 1 is 0.933 bits per heavy atom. The molecule has 15 heavy (non-hydrogen) atoms. The molecule has 0 amide bonds. The van der Waals surface area contributed by atoms with Gasteiger partial charge >= 0.3 is 0 Å². The van der Waals surface area contributed by atoms with Gasteiger partial charge < -0.3 is 5.73 Å². The molecule has 0 aromatic heterocycles. The molecule has 0 saturated carbocycles. The highest BCUT2D eigenvalue weighted by atomic mass is 14.6. The predicted octanol–water partition coefficient (Wildman–Crippen LogP) is 4.36. The van der Waals surface area contributed by atoms with Gasteiger partial charge in [-0.25, -0.2) is 0 Å². The molecule has 0 saturated heterocycles. The van der Waals surface area contributed by atoms with Gasteiger partial charge in [-0.15, -0.1) is 0 Å². The second-order valence-electron chi connectivity index (χ2n) is 5.26. The predicted molar refractivity (Wildman–Crippen MR) is 70.0 cm³/mol. The summed E-state index contributed by atoms with van der Waals surface area (Å²) in [6.07, 6.45) is 9.41. The Balaban J connectivity index is 3.53. The highest BCUT2D eigenvalue weighted by Gasteiger charge is 2.09. The van der Waals surface area contributed by atoms with Gasteiger partial charge in [0.2, 0.25) is 0 Å². The van der Waals surface area contributed by atoms with E-state index in [0.29, 0.717) is 12.0 Å². The maximum Gasteiger partial charge on any atom is 0.00618 e. The number of hydrogen-bond donors (Lipinski definition) is 1. The largest absolute Gasteiger partial charge is 0.327 e. The van der Waals surface area contributed by atoms with E-state index in [2.05, 4.69) is 27.7 Å². The third-order valence-electron chi connectivity index (χ3n) is 3.55. The molecule has 0 spiro atoms. The summed E-state index contributed by atoms with van der Waals surface area (Å²) in [5.74, 6) is 1.59. The molecule has 0 aromatic rings. The lowest BCUT2D eigenvalue weighted by Gasteiger charge is -2.18. The van der Waals surface area contributed by atoms with E-state index >= 15 is 0 Å². The Morgan fingerprint density at radius 2 is 1.53 bits per heavy atom. The third kappa shape index (κ3) is 7.84. The molecule has 0 aliphatic rings. The highest BCUT2D eigenvalue weighted by molar-refractivity contribution is 4.66. The fraction of sp³-hybridized carbons (Fsp3) is 1.00. The summed E-state index contributed by atoms with van der Waals surface area (Å²) >= 11 is 0. The van der Waals surface area contributed by atoms with E-state index in [9.17, 15) is 0 Å². The Hall–Kier alpha value is -0.0400. The quantitative estimate of drug-likeness (QED) is 0.605. The zero-order valence-corrected chi connectivity index (χ0v) is 11.3. The first-order chi connectivity index (χ1) is 7.11. The van der Waals surface area contributed by atoms with E-state index in [-0.39, 0.29) is 0 Å². The van der Waals surface area contributed by atoms with Crippen molar-refractivity contribution in [1.82, 2.24) is 0 Å². The summed E-state index contributed by atoms with van der Waals surface area (Å²) in [5.41, 5.74) is 6.04. The molecule has 92 valence electrons. The van der Waals surface area contributed by atoms with Crippen LogP contribution in [0, 0.1) is 11.8 Å². The summed E-state index contributed by atoms with van der Waals surface area (Å²) in [6, 6.07) is 0.411. The molecule has 2 unspecified atom stereocenters. The number of nitrogens with two attached hydrogens (primary N) is 1. The monoisotopic (exact) mass is 213 g/mol. The van der Waals surface area contributed by atoms with Crippen molar-refractivity contribution in [3.8, 4) is 0 Å². The van der Waals surface area contributed by atoms with Gasteiger partial charge in [0, 0.05) is 6.04 Å². The number of unbranched alkanes of at least 4 members (excludes halogenated alkanes) is 1. The van der Waals surface area contributed by atoms with Crippen molar-refractivity contribution in [2.75, 3.05) is 0 Å². The maximum atomic E-state index is 6.04. The fourth-order valence-electron chi connectivity index (χ4n) is 2.02. The van der Waals surface area contributed by atoms with Crippen molar-refractivity contribution in [2.24, 2.45) is 17.6 Å². The van der Waals surface area contributed by atoms with Crippen molar-refractivity contribution in [1.29, 1.82) is 0 Å². The number of rotatable bonds is 9. The van der Waals surface area contributed by atoms with Crippen molar-refractivity contribution >= 4 is 0 Å². The van der Waals surface area contributed by atoms with Crippen LogP contribution in [0.1, 0.15) is 72.6 Å². The minimum atomic E-state index is 0.411. The van der Waals surface area contributed by atoms with Gasteiger partial charge in [0.15, 0.2) is 0 Å². The molecule has 0 radical (unpaired) electrons. The molecule has 0 fully saturated rings. The van der Waals surface area contributed by atoms with Crippen molar-refractivity contribution in [3.63, 3.8) is 0 Å². The number of hydrogen-bond acceptors (Lipinski definition) is 1. The van der Waals surface area contributed by atoms with Crippen LogP contribution in [0.4, 0.5) is 0 Å². The molecule has 2 atom stereocenters. The standard InChI is InChI=1S/C14H31N/c1-5-7-9-13(6-2)10-8-11-14(15)12(3)4/h12-14H,5-11,15H2,1-4H3. The van der Waals surface area contributed by atoms with E-state index in [1.807, 2.05) is 0 Å². The first-order valence-electron chi connectivity index (χ1n) is 6.87. The van der Waals surface area contributed by atoms with E-state index in [0.717, 1.165) is 5.92 Å². The molecule has 0 bridgehead atoms. The Labute approximate surface area is 96.8 Å². The second-order valence-corrected chi connectivity index (χ2v) is 5.26. The van der Waals surface area contributed by atoms with Crippen LogP contribution in [-0.4, -0.2) is 6.04 Å². The molecular formula is C14H31N. The molecular weight excluding hydrogens is 182 g/mol. The van der Waals surface area contributed by atoms with E-state index < -0.39 is 0 Å². The molecule has 1 nitrogen and oxygen atoms in total. The summed E-state index contributed by atoms with van der Waals surface area (Å²) < 4.78 is 0. The Morgan fingerprint density at radius 3 is 2.00 bits per heavy atom. The average molecular weight is 213 g/mol. The van der Waals surface area contributed by atoms with E-state index in [1.54, 1.807) is 0 Å². The van der Waals surface area contributed by atoms with Gasteiger partial charge in [-0.1, -0.05) is 66.2 Å². The molecule has 0 heterocycles. The first kappa shape index (κ1) is 15.0. The smallest absolute Gasteiger partial charge is 0.00618 e. The molecule has 0 aliphatic carbocycles. The SMILES string of the molecule is CCCCC(CC)CCCC(N)C(C)C. The second kappa shape index (κ2) is 9.21. The first-order valence-corrected chi connectivity index (χ1v) is 6.87. The lowest BCUT2D eigenvalue weighted by Crippen LogP contribution is -2.26. The van der Waals surface area contributed by atoms with Crippen LogP contribution in [0.3, 0.4) is 0 Å². The van der Waals surface area contributed by atoms with E-state index in [4.69, 9.17) is 5.73 Å². The summed E-state index contributed by atoms with van der Waals surface area (Å²) in [4.78, 5) is 0. The summed E-state index contributed by atoms with van der Waals surface area (Å²) in [5, 5.41) is 0. The van der Waals surface area contributed by atoms with Gasteiger partial charge in [0.05, 0.1) is 0 Å². The molecule has 0 rings (SSSR count). The van der Waals surface area contributed by atoms with Crippen LogP contribution in [0.5, 0.6) is 0 Å². The zero-order valence-electron chi connectivity index (χ0n) is 11.3. The van der Waals surface area contributed by atoms with Crippen LogP contribution < -0.4 is 5.73 Å². The van der Waals surface area contributed by atoms with Gasteiger partial charge in [0.1, 0.15) is 0 Å². The highest BCUT2D eigenvalue weighted by Crippen LogP contribution is 2.20. The van der Waals surface area contributed by atoms with Gasteiger partial charge in [-0.05, 0) is 18.3 Å². The topological polar surface area (TPSA) is 26.0 Å². The Bertz CT molecular complexity index is 131. The Kier molecular flexibility index (Phi) is 9.18. The lowest BCUT2D eigenvalue weighted by atomic mass is 9.91. The fourth-order valence-corrected chi connectivity index (χ4v) is 2.02. The van der Waals surface area contributed by atoms with Crippen LogP contribution in [0.25, 0.3) is 0 Å². The van der Waals surface area contributed by atoms with Crippen molar-refractivity contribution in [3.05, 3.63) is 0 Å². The van der Waals surface area contributed by atoms with Crippen molar-refractivity contribution < 1.29 is 0 Å². The summed E-state index contributed by atoms with van der Waals surface area (Å²) in [7, 11) is 0. The van der Waals surface area contributed by atoms with Crippen molar-refractivity contribution in [2.45, 2.75) is 78.7 Å². The van der Waals surface area contributed by atoms with Gasteiger partial charge in [-0.3, -0.25) is 0 Å². The van der Waals surface area contributed by atoms with E-state index in [1.165, 1.54) is 44.9 Å². The van der Waals surface area contributed by atoms with Gasteiger partial charge in [-0.2, -0.15) is 0 Å². The molecule has 1 heteroatoms. The van der Waals surface area contributed by atoms with Crippen LogP contribution >= 0.6 is 0 Å². The van der Waals surface area contributed by atoms with Crippen LogP contribution in [0.2, 0.25) is 0 Å². The van der Waals surface area contributed by atoms with Gasteiger partial charge in [0.25, 0.3) is 0 Å². The minimum Gasteiger partial charge on any atom is -0.327 e. The summed E-state index contributed by atoms with van der Waals surface area (Å²) in [6.45, 7) is 9.04. The van der Waals surface area contributed by atoms with Crippen LogP contribution in [-0.2, 0) is 0 Å². The third-order valence-corrected chi connectivity index (χ3v) is 3.55. The zero-order chi connectivity index (χ0) is 11.7. The van der Waals surface area contributed by atoms with Crippen LogP contribution in [0.15, 0.2) is 0 Å². The normalized spacial score (nSPS) is 15.6. The molecule has 2 N–H and O–H groups in total. The molecule has 0 aromatic carbocycles. The molecule has 0 aliphatic heterocycles. The maximum absolute atomic E-state index is 6.04. The lowest BCUT2D eigenvalue weighted by molar-refractivity contribution is 0.375. The average Bonchev–Trinajstić information content (AvgIpc) is 2.22. The minimum absolute atomic E-state index is 0.411.